The molecule has 0 amide bonds. The molecule has 44 heavy (non-hydrogen) atoms. The zero-order chi connectivity index (χ0) is 32.8. The van der Waals surface area contributed by atoms with Crippen LogP contribution in [-0.4, -0.2) is 45.3 Å². The molecule has 9 nitrogen and oxygen atoms in total. The lowest BCUT2D eigenvalue weighted by Gasteiger charge is -2.27. The van der Waals surface area contributed by atoms with E-state index >= 15 is 0 Å². The predicted octanol–water partition coefficient (Wildman–Crippen LogP) is 6.83. The van der Waals surface area contributed by atoms with Crippen LogP contribution in [-0.2, 0) is 35.9 Å². The van der Waals surface area contributed by atoms with Gasteiger partial charge in [0.25, 0.3) is 20.2 Å². The van der Waals surface area contributed by atoms with E-state index in [1.54, 1.807) is 12.1 Å². The van der Waals surface area contributed by atoms with Crippen LogP contribution >= 0.6 is 0 Å². The number of allylic oxidation sites excluding steroid dienone is 6. The summed E-state index contributed by atoms with van der Waals surface area (Å²) < 4.78 is 66.5. The number of fused-ring (bicyclic) bond motifs is 1. The monoisotopic (exact) mass is 644 g/mol. The molecular formula is C33H44N2O7S2. The lowest BCUT2D eigenvalue weighted by molar-refractivity contribution is -0.107. The number of unbranched alkanes of at least 4 members (excludes halogenated alkanes) is 3. The number of anilines is 2. The van der Waals surface area contributed by atoms with Gasteiger partial charge in [0.2, 0.25) is 0 Å². The molecule has 240 valence electrons. The molecule has 0 aromatic heterocycles. The summed E-state index contributed by atoms with van der Waals surface area (Å²) in [7, 11) is -8.69. The first kappa shape index (κ1) is 35.2. The molecule has 1 aliphatic heterocycles. The van der Waals surface area contributed by atoms with Crippen LogP contribution in [0.4, 0.5) is 11.4 Å². The third kappa shape index (κ3) is 8.47. The van der Waals surface area contributed by atoms with Crippen molar-refractivity contribution in [2.75, 3.05) is 23.3 Å². The van der Waals surface area contributed by atoms with Crippen molar-refractivity contribution in [2.45, 2.75) is 87.3 Å². The van der Waals surface area contributed by atoms with E-state index in [9.17, 15) is 30.7 Å². The minimum atomic E-state index is -4.35. The molecule has 2 aromatic carbocycles. The van der Waals surface area contributed by atoms with Gasteiger partial charge in [-0.3, -0.25) is 9.11 Å². The van der Waals surface area contributed by atoms with E-state index < -0.39 is 31.1 Å². The maximum Gasteiger partial charge on any atom is 0.294 e. The summed E-state index contributed by atoms with van der Waals surface area (Å²) in [4.78, 5) is 12.6. The van der Waals surface area contributed by atoms with Gasteiger partial charge >= 0.3 is 0 Å². The second kappa shape index (κ2) is 14.2. The average Bonchev–Trinajstić information content (AvgIpc) is 3.14. The van der Waals surface area contributed by atoms with Crippen LogP contribution in [0.25, 0.3) is 0 Å². The van der Waals surface area contributed by atoms with Gasteiger partial charge in [-0.1, -0.05) is 58.4 Å². The molecule has 3 rings (SSSR count). The molecule has 0 unspecified atom stereocenters. The topological polar surface area (TPSA) is 141 Å². The average molecular weight is 645 g/mol. The SMILES string of the molecule is CCNc1ccc(S(=O)(=O)O)cc1C(C)(C)C/C=C/C=C/C=C1/N(CCCCCC=O)c2ccc(S(=O)(=O)O)cc2C1(C)C. The molecule has 0 bridgehead atoms. The van der Waals surface area contributed by atoms with E-state index in [0.717, 1.165) is 53.7 Å². The van der Waals surface area contributed by atoms with Crippen molar-refractivity contribution >= 4 is 37.9 Å². The highest BCUT2D eigenvalue weighted by Crippen LogP contribution is 2.48. The molecule has 0 spiro atoms. The number of nitrogens with zero attached hydrogens (tertiary/aromatic N) is 1. The fourth-order valence-corrected chi connectivity index (χ4v) is 6.59. The van der Waals surface area contributed by atoms with Gasteiger partial charge < -0.3 is 15.0 Å². The highest BCUT2D eigenvalue weighted by Gasteiger charge is 2.40. The standard InChI is InChI=1S/C33H44N2O7S2/c1-6-34-29-18-16-25(43(37,38)39)23-27(29)32(2,3)20-12-8-7-11-15-31-33(4,5)28-24-26(44(40,41)42)17-19-30(28)35(31)21-13-9-10-14-22-36/h7-8,11-12,15-19,22-24,34H,6,9-10,13-14,20-21H2,1-5H3,(H,37,38,39)(H,40,41,42)/b11-7+,12-8+,31-15+. The fraction of sp³-hybridized carbons (Fsp3) is 0.424. The van der Waals surface area contributed by atoms with Crippen LogP contribution in [0.2, 0.25) is 0 Å². The van der Waals surface area contributed by atoms with Crippen molar-refractivity contribution in [2.24, 2.45) is 0 Å². The second-order valence-electron chi connectivity index (χ2n) is 12.1. The lowest BCUT2D eigenvalue weighted by Crippen LogP contribution is -2.27. The molecule has 1 heterocycles. The van der Waals surface area contributed by atoms with Crippen molar-refractivity contribution in [1.82, 2.24) is 0 Å². The molecule has 0 atom stereocenters. The maximum absolute atomic E-state index is 11.9. The Morgan fingerprint density at radius 3 is 2.20 bits per heavy atom. The fourth-order valence-electron chi connectivity index (χ4n) is 5.58. The van der Waals surface area contributed by atoms with Crippen LogP contribution in [0, 0.1) is 0 Å². The van der Waals surface area contributed by atoms with Gasteiger partial charge in [-0.15, -0.1) is 0 Å². The van der Waals surface area contributed by atoms with Gasteiger partial charge in [0.1, 0.15) is 6.29 Å². The highest BCUT2D eigenvalue weighted by atomic mass is 32.2. The van der Waals surface area contributed by atoms with Crippen molar-refractivity contribution in [3.05, 3.63) is 83.6 Å². The van der Waals surface area contributed by atoms with Gasteiger partial charge in [-0.25, -0.2) is 0 Å². The number of benzene rings is 2. The quantitative estimate of drug-likeness (QED) is 0.0823. The normalized spacial score (nSPS) is 16.2. The van der Waals surface area contributed by atoms with E-state index in [4.69, 9.17) is 0 Å². The molecule has 0 radical (unpaired) electrons. The largest absolute Gasteiger partial charge is 0.385 e. The van der Waals surface area contributed by atoms with Gasteiger partial charge in [0.05, 0.1) is 9.79 Å². The van der Waals surface area contributed by atoms with Crippen molar-refractivity contribution in [3.63, 3.8) is 0 Å². The van der Waals surface area contributed by atoms with Crippen LogP contribution in [0.15, 0.2) is 82.3 Å². The van der Waals surface area contributed by atoms with Gasteiger partial charge in [-0.2, -0.15) is 16.8 Å². The Hall–Kier alpha value is -3.25. The number of hydrogen-bond donors (Lipinski definition) is 3. The van der Waals surface area contributed by atoms with Crippen molar-refractivity contribution < 1.29 is 30.7 Å². The van der Waals surface area contributed by atoms with E-state index in [2.05, 4.69) is 10.2 Å². The molecule has 2 aromatic rings. The first-order valence-electron chi connectivity index (χ1n) is 14.8. The summed E-state index contributed by atoms with van der Waals surface area (Å²) in [6.07, 6.45) is 14.4. The van der Waals surface area contributed by atoms with Gasteiger partial charge in [0, 0.05) is 42.0 Å². The molecular weight excluding hydrogens is 601 g/mol. The minimum Gasteiger partial charge on any atom is -0.385 e. The van der Waals surface area contributed by atoms with Crippen molar-refractivity contribution in [1.29, 1.82) is 0 Å². The zero-order valence-corrected chi connectivity index (χ0v) is 27.7. The number of carbonyl (C=O) groups excluding carboxylic acids is 1. The smallest absolute Gasteiger partial charge is 0.294 e. The predicted molar refractivity (Wildman–Crippen MR) is 176 cm³/mol. The van der Waals surface area contributed by atoms with E-state index in [1.165, 1.54) is 24.3 Å². The Morgan fingerprint density at radius 2 is 1.57 bits per heavy atom. The summed E-state index contributed by atoms with van der Waals surface area (Å²) in [6.45, 7) is 11.4. The minimum absolute atomic E-state index is 0.142. The van der Waals surface area contributed by atoms with E-state index in [-0.39, 0.29) is 9.79 Å². The van der Waals surface area contributed by atoms with Crippen LogP contribution in [0.1, 0.15) is 77.8 Å². The first-order chi connectivity index (χ1) is 20.5. The number of carbonyl (C=O) groups is 1. The molecule has 0 fully saturated rings. The Balaban J connectivity index is 1.85. The zero-order valence-electron chi connectivity index (χ0n) is 26.1. The summed E-state index contributed by atoms with van der Waals surface area (Å²) in [5.41, 5.74) is 3.29. The van der Waals surface area contributed by atoms with Crippen LogP contribution < -0.4 is 10.2 Å². The Kier molecular flexibility index (Phi) is 11.4. The molecule has 11 heteroatoms. The number of hydrogen-bond acceptors (Lipinski definition) is 7. The van der Waals surface area contributed by atoms with Crippen LogP contribution in [0.3, 0.4) is 0 Å². The van der Waals surface area contributed by atoms with Gasteiger partial charge in [-0.05, 0) is 85.2 Å². The maximum atomic E-state index is 11.9. The summed E-state index contributed by atoms with van der Waals surface area (Å²) >= 11 is 0. The molecule has 0 saturated carbocycles. The highest BCUT2D eigenvalue weighted by molar-refractivity contribution is 7.86. The third-order valence-corrected chi connectivity index (χ3v) is 9.69. The number of nitrogens with one attached hydrogen (secondary N) is 1. The Labute approximate surface area is 262 Å². The molecule has 0 aliphatic carbocycles. The molecule has 1 aliphatic rings. The first-order valence-corrected chi connectivity index (χ1v) is 17.6. The summed E-state index contributed by atoms with van der Waals surface area (Å²) in [6, 6.07) is 9.27. The number of rotatable bonds is 15. The lowest BCUT2D eigenvalue weighted by atomic mass is 9.80. The van der Waals surface area contributed by atoms with Gasteiger partial charge in [0.15, 0.2) is 0 Å². The molecule has 3 N–H and O–H groups in total. The summed E-state index contributed by atoms with van der Waals surface area (Å²) in [5.74, 6) is 0. The summed E-state index contributed by atoms with van der Waals surface area (Å²) in [5, 5.41) is 3.27. The van der Waals surface area contributed by atoms with Crippen molar-refractivity contribution in [3.8, 4) is 0 Å². The number of aldehydes is 1. The Bertz CT molecular complexity index is 1650. The Morgan fingerprint density at radius 1 is 0.909 bits per heavy atom. The molecule has 0 saturated heterocycles. The van der Waals surface area contributed by atoms with E-state index in [1.807, 2.05) is 65.0 Å². The van der Waals surface area contributed by atoms with E-state index in [0.29, 0.717) is 25.9 Å². The third-order valence-electron chi connectivity index (χ3n) is 7.99. The second-order valence-corrected chi connectivity index (χ2v) is 15.0. The van der Waals surface area contributed by atoms with Crippen LogP contribution in [0.5, 0.6) is 0 Å².